The molecule has 2 heterocycles. The van der Waals surface area contributed by atoms with Crippen molar-refractivity contribution in [1.82, 2.24) is 19.7 Å². The van der Waals surface area contributed by atoms with Crippen LogP contribution in [-0.4, -0.2) is 19.7 Å². The zero-order valence-electron chi connectivity index (χ0n) is 14.7. The standard InChI is InChI=1S/C20H17ClN4O/c1-12-5-7-16(8-14(12)3)26-20-17-10-24-25(19(17)22-11-23-20)18-9-15(21)6-4-13(18)2/h4-11H,1-3H3. The highest BCUT2D eigenvalue weighted by molar-refractivity contribution is 6.30. The Labute approximate surface area is 156 Å². The van der Waals surface area contributed by atoms with E-state index in [9.17, 15) is 0 Å². The molecule has 0 atom stereocenters. The lowest BCUT2D eigenvalue weighted by molar-refractivity contribution is 0.467. The molecule has 0 aliphatic carbocycles. The zero-order valence-corrected chi connectivity index (χ0v) is 15.4. The third-order valence-corrected chi connectivity index (χ3v) is 4.66. The third-order valence-electron chi connectivity index (χ3n) is 4.42. The average Bonchev–Trinajstić information content (AvgIpc) is 3.05. The van der Waals surface area contributed by atoms with Gasteiger partial charge in [0.2, 0.25) is 5.88 Å². The molecular weight excluding hydrogens is 348 g/mol. The third kappa shape index (κ3) is 2.91. The van der Waals surface area contributed by atoms with Crippen LogP contribution in [0.4, 0.5) is 0 Å². The minimum Gasteiger partial charge on any atom is -0.438 e. The van der Waals surface area contributed by atoms with Crippen molar-refractivity contribution in [2.24, 2.45) is 0 Å². The van der Waals surface area contributed by atoms with Crippen LogP contribution in [0.2, 0.25) is 5.02 Å². The van der Waals surface area contributed by atoms with Crippen LogP contribution < -0.4 is 4.74 Å². The highest BCUT2D eigenvalue weighted by atomic mass is 35.5. The molecule has 0 unspecified atom stereocenters. The molecule has 0 amide bonds. The fourth-order valence-corrected chi connectivity index (χ4v) is 2.95. The molecule has 5 nitrogen and oxygen atoms in total. The Balaban J connectivity index is 1.80. The molecular formula is C20H17ClN4O. The Morgan fingerprint density at radius 3 is 2.54 bits per heavy atom. The summed E-state index contributed by atoms with van der Waals surface area (Å²) in [6.07, 6.45) is 3.20. The van der Waals surface area contributed by atoms with E-state index in [4.69, 9.17) is 16.3 Å². The number of rotatable bonds is 3. The molecule has 130 valence electrons. The van der Waals surface area contributed by atoms with Crippen molar-refractivity contribution in [2.75, 3.05) is 0 Å². The van der Waals surface area contributed by atoms with Gasteiger partial charge >= 0.3 is 0 Å². The van der Waals surface area contributed by atoms with Gasteiger partial charge in [-0.05, 0) is 61.7 Å². The van der Waals surface area contributed by atoms with Crippen molar-refractivity contribution < 1.29 is 4.74 Å². The number of hydrogen-bond donors (Lipinski definition) is 0. The SMILES string of the molecule is Cc1ccc(Oc2ncnc3c2cnn3-c2cc(Cl)ccc2C)cc1C. The molecule has 0 fully saturated rings. The summed E-state index contributed by atoms with van der Waals surface area (Å²) in [7, 11) is 0. The second-order valence-corrected chi connectivity index (χ2v) is 6.69. The lowest BCUT2D eigenvalue weighted by atomic mass is 10.1. The van der Waals surface area contributed by atoms with E-state index in [1.54, 1.807) is 10.9 Å². The summed E-state index contributed by atoms with van der Waals surface area (Å²) < 4.78 is 7.76. The van der Waals surface area contributed by atoms with Gasteiger partial charge in [0.1, 0.15) is 17.5 Å². The first-order chi connectivity index (χ1) is 12.5. The molecule has 0 aliphatic rings. The molecule has 2 aromatic heterocycles. The van der Waals surface area contributed by atoms with Crippen molar-refractivity contribution in [3.63, 3.8) is 0 Å². The molecule has 2 aromatic carbocycles. The number of benzene rings is 2. The van der Waals surface area contributed by atoms with E-state index in [0.717, 1.165) is 28.0 Å². The van der Waals surface area contributed by atoms with E-state index in [-0.39, 0.29) is 0 Å². The van der Waals surface area contributed by atoms with Crippen molar-refractivity contribution in [3.05, 3.63) is 70.6 Å². The Kier molecular flexibility index (Phi) is 4.09. The maximum Gasteiger partial charge on any atom is 0.233 e. The van der Waals surface area contributed by atoms with Gasteiger partial charge in [-0.15, -0.1) is 0 Å². The summed E-state index contributed by atoms with van der Waals surface area (Å²) in [5.41, 5.74) is 4.98. The molecule has 4 aromatic rings. The van der Waals surface area contributed by atoms with E-state index in [1.807, 2.05) is 43.3 Å². The van der Waals surface area contributed by atoms with Gasteiger partial charge in [-0.25, -0.2) is 14.6 Å². The van der Waals surface area contributed by atoms with Crippen molar-refractivity contribution in [2.45, 2.75) is 20.8 Å². The Morgan fingerprint density at radius 1 is 0.923 bits per heavy atom. The number of halogens is 1. The maximum atomic E-state index is 6.15. The first kappa shape index (κ1) is 16.5. The van der Waals surface area contributed by atoms with Gasteiger partial charge in [0, 0.05) is 5.02 Å². The van der Waals surface area contributed by atoms with Gasteiger partial charge in [-0.3, -0.25) is 0 Å². The maximum absolute atomic E-state index is 6.15. The van der Waals surface area contributed by atoms with Gasteiger partial charge in [-0.1, -0.05) is 23.7 Å². The topological polar surface area (TPSA) is 52.8 Å². The van der Waals surface area contributed by atoms with Crippen LogP contribution in [-0.2, 0) is 0 Å². The molecule has 0 aliphatic heterocycles. The fourth-order valence-electron chi connectivity index (χ4n) is 2.78. The number of hydrogen-bond acceptors (Lipinski definition) is 4. The first-order valence-electron chi connectivity index (χ1n) is 8.23. The molecule has 0 radical (unpaired) electrons. The van der Waals surface area contributed by atoms with Crippen LogP contribution in [0.15, 0.2) is 48.9 Å². The van der Waals surface area contributed by atoms with Gasteiger partial charge in [0.05, 0.1) is 11.9 Å². The van der Waals surface area contributed by atoms with Crippen LogP contribution in [0, 0.1) is 20.8 Å². The minimum atomic E-state index is 0.476. The van der Waals surface area contributed by atoms with Crippen LogP contribution in [0.3, 0.4) is 0 Å². The lowest BCUT2D eigenvalue weighted by Crippen LogP contribution is -2.00. The molecule has 0 saturated carbocycles. The molecule has 0 saturated heterocycles. The summed E-state index contributed by atoms with van der Waals surface area (Å²) >= 11 is 6.15. The average molecular weight is 365 g/mol. The van der Waals surface area contributed by atoms with Crippen molar-refractivity contribution in [3.8, 4) is 17.3 Å². The second kappa shape index (κ2) is 6.42. The van der Waals surface area contributed by atoms with Crippen LogP contribution >= 0.6 is 11.6 Å². The van der Waals surface area contributed by atoms with Crippen LogP contribution in [0.25, 0.3) is 16.7 Å². The van der Waals surface area contributed by atoms with Crippen LogP contribution in [0.1, 0.15) is 16.7 Å². The molecule has 26 heavy (non-hydrogen) atoms. The van der Waals surface area contributed by atoms with Crippen molar-refractivity contribution in [1.29, 1.82) is 0 Å². The summed E-state index contributed by atoms with van der Waals surface area (Å²) in [6.45, 7) is 6.13. The summed E-state index contributed by atoms with van der Waals surface area (Å²) in [5, 5.41) is 5.87. The summed E-state index contributed by atoms with van der Waals surface area (Å²) in [5.74, 6) is 1.21. The van der Waals surface area contributed by atoms with Gasteiger partial charge in [-0.2, -0.15) is 5.10 Å². The first-order valence-corrected chi connectivity index (χ1v) is 8.61. The Morgan fingerprint density at radius 2 is 1.73 bits per heavy atom. The van der Waals surface area contributed by atoms with Gasteiger partial charge in [0.15, 0.2) is 5.65 Å². The summed E-state index contributed by atoms with van der Waals surface area (Å²) in [4.78, 5) is 8.68. The van der Waals surface area contributed by atoms with Crippen molar-refractivity contribution >= 4 is 22.6 Å². The smallest absolute Gasteiger partial charge is 0.233 e. The fraction of sp³-hybridized carbons (Fsp3) is 0.150. The quantitative estimate of drug-likeness (QED) is 0.502. The zero-order chi connectivity index (χ0) is 18.3. The lowest BCUT2D eigenvalue weighted by Gasteiger charge is -2.09. The van der Waals surface area contributed by atoms with Gasteiger partial charge in [0.25, 0.3) is 0 Å². The van der Waals surface area contributed by atoms with E-state index < -0.39 is 0 Å². The van der Waals surface area contributed by atoms with E-state index >= 15 is 0 Å². The Bertz CT molecular complexity index is 1120. The normalized spacial score (nSPS) is 11.1. The number of ether oxygens (including phenoxy) is 1. The van der Waals surface area contributed by atoms with E-state index in [2.05, 4.69) is 28.9 Å². The van der Waals surface area contributed by atoms with E-state index in [1.165, 1.54) is 11.9 Å². The summed E-state index contributed by atoms with van der Waals surface area (Å²) in [6, 6.07) is 11.6. The number of aryl methyl sites for hydroxylation is 3. The van der Waals surface area contributed by atoms with E-state index in [0.29, 0.717) is 16.5 Å². The predicted octanol–water partition coefficient (Wildman–Crippen LogP) is 5.19. The number of aromatic nitrogens is 4. The largest absolute Gasteiger partial charge is 0.438 e. The molecule has 0 bridgehead atoms. The molecule has 4 rings (SSSR count). The molecule has 0 spiro atoms. The highest BCUT2D eigenvalue weighted by Gasteiger charge is 2.14. The number of fused-ring (bicyclic) bond motifs is 1. The second-order valence-electron chi connectivity index (χ2n) is 6.25. The monoisotopic (exact) mass is 364 g/mol. The molecule has 0 N–H and O–H groups in total. The number of nitrogens with zero attached hydrogens (tertiary/aromatic N) is 4. The molecule has 6 heteroatoms. The predicted molar refractivity (Wildman–Crippen MR) is 102 cm³/mol. The van der Waals surface area contributed by atoms with Crippen LogP contribution in [0.5, 0.6) is 11.6 Å². The van der Waals surface area contributed by atoms with Gasteiger partial charge < -0.3 is 4.74 Å². The Hall–Kier alpha value is -2.92. The minimum absolute atomic E-state index is 0.476. The highest BCUT2D eigenvalue weighted by Crippen LogP contribution is 2.29.